The van der Waals surface area contributed by atoms with E-state index in [0.717, 1.165) is 11.4 Å². The van der Waals surface area contributed by atoms with E-state index in [0.29, 0.717) is 12.1 Å². The number of esters is 1. The van der Waals surface area contributed by atoms with Crippen molar-refractivity contribution in [2.24, 2.45) is 0 Å². The van der Waals surface area contributed by atoms with E-state index in [1.165, 1.54) is 12.7 Å². The standard InChI is InChI=1S/C13H14N2O2/c1-9-3-5-10(6-4-9)7-12-14-8-11(15-12)13(16)17-2/h3-6,8H,7H2,1-2H3,(H,14,15). The Morgan fingerprint density at radius 1 is 1.35 bits per heavy atom. The average Bonchev–Trinajstić information content (AvgIpc) is 2.80. The molecule has 4 nitrogen and oxygen atoms in total. The zero-order chi connectivity index (χ0) is 12.3. The van der Waals surface area contributed by atoms with Crippen LogP contribution in [0.2, 0.25) is 0 Å². The van der Waals surface area contributed by atoms with E-state index in [1.54, 1.807) is 6.20 Å². The Morgan fingerprint density at radius 3 is 2.71 bits per heavy atom. The van der Waals surface area contributed by atoms with Gasteiger partial charge in [0.25, 0.3) is 0 Å². The Morgan fingerprint density at radius 2 is 2.06 bits per heavy atom. The van der Waals surface area contributed by atoms with Crippen molar-refractivity contribution in [2.45, 2.75) is 13.3 Å². The van der Waals surface area contributed by atoms with Crippen LogP contribution in [0.3, 0.4) is 0 Å². The monoisotopic (exact) mass is 230 g/mol. The van der Waals surface area contributed by atoms with E-state index < -0.39 is 5.97 Å². The number of rotatable bonds is 3. The molecule has 2 aromatic rings. The maximum Gasteiger partial charge on any atom is 0.358 e. The van der Waals surface area contributed by atoms with Gasteiger partial charge < -0.3 is 9.72 Å². The van der Waals surface area contributed by atoms with E-state index in [9.17, 15) is 4.79 Å². The van der Waals surface area contributed by atoms with Crippen molar-refractivity contribution in [2.75, 3.05) is 7.11 Å². The van der Waals surface area contributed by atoms with E-state index >= 15 is 0 Å². The first-order valence-electron chi connectivity index (χ1n) is 5.37. The SMILES string of the molecule is COC(=O)c1c[nH]c(Cc2ccc(C)cc2)n1. The van der Waals surface area contributed by atoms with Gasteiger partial charge in [-0.15, -0.1) is 0 Å². The molecule has 0 fully saturated rings. The summed E-state index contributed by atoms with van der Waals surface area (Å²) in [4.78, 5) is 18.4. The zero-order valence-electron chi connectivity index (χ0n) is 9.86. The van der Waals surface area contributed by atoms with Crippen LogP contribution in [-0.4, -0.2) is 23.0 Å². The third-order valence-corrected chi connectivity index (χ3v) is 2.52. The normalized spacial score (nSPS) is 10.2. The summed E-state index contributed by atoms with van der Waals surface area (Å²) in [7, 11) is 1.34. The highest BCUT2D eigenvalue weighted by Gasteiger charge is 2.10. The Hall–Kier alpha value is -2.10. The average molecular weight is 230 g/mol. The molecule has 0 saturated heterocycles. The molecule has 1 aromatic heterocycles. The van der Waals surface area contributed by atoms with Gasteiger partial charge in [-0.2, -0.15) is 0 Å². The number of aryl methyl sites for hydroxylation is 1. The maximum absolute atomic E-state index is 11.2. The lowest BCUT2D eigenvalue weighted by Gasteiger charge is -1.98. The van der Waals surface area contributed by atoms with Gasteiger partial charge in [-0.1, -0.05) is 29.8 Å². The highest BCUT2D eigenvalue weighted by atomic mass is 16.5. The molecule has 2 rings (SSSR count). The first-order valence-corrected chi connectivity index (χ1v) is 5.37. The number of aromatic nitrogens is 2. The van der Waals surface area contributed by atoms with Crippen molar-refractivity contribution < 1.29 is 9.53 Å². The summed E-state index contributed by atoms with van der Waals surface area (Å²) in [5, 5.41) is 0. The second kappa shape index (κ2) is 4.82. The Kier molecular flexibility index (Phi) is 3.23. The number of nitrogens with one attached hydrogen (secondary N) is 1. The first kappa shape index (κ1) is 11.4. The van der Waals surface area contributed by atoms with Gasteiger partial charge in [0.2, 0.25) is 0 Å². The maximum atomic E-state index is 11.2. The first-order chi connectivity index (χ1) is 8.19. The van der Waals surface area contributed by atoms with Crippen molar-refractivity contribution >= 4 is 5.97 Å². The molecule has 0 aliphatic rings. The minimum absolute atomic E-state index is 0.314. The number of hydrogen-bond acceptors (Lipinski definition) is 3. The van der Waals surface area contributed by atoms with E-state index in [1.807, 2.05) is 6.92 Å². The predicted octanol–water partition coefficient (Wildman–Crippen LogP) is 2.10. The molecular formula is C13H14N2O2. The van der Waals surface area contributed by atoms with Gasteiger partial charge >= 0.3 is 5.97 Å². The molecule has 0 spiro atoms. The zero-order valence-corrected chi connectivity index (χ0v) is 9.86. The van der Waals surface area contributed by atoms with Crippen LogP contribution in [0.15, 0.2) is 30.5 Å². The van der Waals surface area contributed by atoms with Crippen LogP contribution in [0.25, 0.3) is 0 Å². The molecule has 17 heavy (non-hydrogen) atoms. The van der Waals surface area contributed by atoms with Crippen LogP contribution in [0, 0.1) is 6.92 Å². The third-order valence-electron chi connectivity index (χ3n) is 2.52. The number of H-pyrrole nitrogens is 1. The molecule has 1 N–H and O–H groups in total. The van der Waals surface area contributed by atoms with Crippen LogP contribution < -0.4 is 0 Å². The minimum atomic E-state index is -0.420. The lowest BCUT2D eigenvalue weighted by Crippen LogP contribution is -2.01. The molecular weight excluding hydrogens is 216 g/mol. The second-order valence-electron chi connectivity index (χ2n) is 3.89. The summed E-state index contributed by atoms with van der Waals surface area (Å²) in [5.74, 6) is 0.339. The van der Waals surface area contributed by atoms with E-state index in [-0.39, 0.29) is 0 Å². The summed E-state index contributed by atoms with van der Waals surface area (Å²) in [5.41, 5.74) is 2.69. The fourth-order valence-corrected chi connectivity index (χ4v) is 1.56. The number of imidazole rings is 1. The van der Waals surface area contributed by atoms with Crippen molar-refractivity contribution in [3.63, 3.8) is 0 Å². The molecule has 0 bridgehead atoms. The number of nitrogens with zero attached hydrogens (tertiary/aromatic N) is 1. The van der Waals surface area contributed by atoms with Gasteiger partial charge in [0.15, 0.2) is 5.69 Å². The van der Waals surface area contributed by atoms with Gasteiger partial charge in [-0.3, -0.25) is 0 Å². The molecule has 0 amide bonds. The fourth-order valence-electron chi connectivity index (χ4n) is 1.56. The van der Waals surface area contributed by atoms with Crippen LogP contribution in [-0.2, 0) is 11.2 Å². The number of methoxy groups -OCH3 is 1. The molecule has 88 valence electrons. The Labute approximate surface area is 99.7 Å². The van der Waals surface area contributed by atoms with Crippen LogP contribution in [0.1, 0.15) is 27.4 Å². The lowest BCUT2D eigenvalue weighted by atomic mass is 10.1. The molecule has 0 aliphatic heterocycles. The smallest absolute Gasteiger partial charge is 0.358 e. The van der Waals surface area contributed by atoms with Gasteiger partial charge in [0, 0.05) is 12.6 Å². The van der Waals surface area contributed by atoms with Crippen molar-refractivity contribution in [3.05, 3.63) is 53.1 Å². The van der Waals surface area contributed by atoms with E-state index in [2.05, 4.69) is 39.0 Å². The Bertz CT molecular complexity index is 514. The molecule has 0 radical (unpaired) electrons. The summed E-state index contributed by atoms with van der Waals surface area (Å²) >= 11 is 0. The quantitative estimate of drug-likeness (QED) is 0.821. The summed E-state index contributed by atoms with van der Waals surface area (Å²) in [6.45, 7) is 2.05. The summed E-state index contributed by atoms with van der Waals surface area (Å²) < 4.78 is 4.59. The summed E-state index contributed by atoms with van der Waals surface area (Å²) in [6, 6.07) is 8.21. The van der Waals surface area contributed by atoms with Gasteiger partial charge in [-0.25, -0.2) is 9.78 Å². The third kappa shape index (κ3) is 2.72. The number of carbonyl (C=O) groups is 1. The van der Waals surface area contributed by atoms with Crippen molar-refractivity contribution in [1.82, 2.24) is 9.97 Å². The second-order valence-corrected chi connectivity index (χ2v) is 3.89. The minimum Gasteiger partial charge on any atom is -0.464 e. The topological polar surface area (TPSA) is 55.0 Å². The highest BCUT2D eigenvalue weighted by Crippen LogP contribution is 2.08. The predicted molar refractivity (Wildman–Crippen MR) is 63.9 cm³/mol. The summed E-state index contributed by atoms with van der Waals surface area (Å²) in [6.07, 6.45) is 2.24. The number of aromatic amines is 1. The number of carbonyl (C=O) groups excluding carboxylic acids is 1. The molecule has 0 aliphatic carbocycles. The molecule has 4 heteroatoms. The highest BCUT2D eigenvalue weighted by molar-refractivity contribution is 5.86. The number of hydrogen-bond donors (Lipinski definition) is 1. The van der Waals surface area contributed by atoms with Gasteiger partial charge in [0.05, 0.1) is 7.11 Å². The lowest BCUT2D eigenvalue weighted by molar-refractivity contribution is 0.0594. The van der Waals surface area contributed by atoms with Crippen molar-refractivity contribution in [1.29, 1.82) is 0 Å². The van der Waals surface area contributed by atoms with Crippen molar-refractivity contribution in [3.8, 4) is 0 Å². The number of ether oxygens (including phenoxy) is 1. The largest absolute Gasteiger partial charge is 0.464 e. The van der Waals surface area contributed by atoms with Gasteiger partial charge in [0.1, 0.15) is 5.82 Å². The van der Waals surface area contributed by atoms with Crippen LogP contribution >= 0.6 is 0 Å². The molecule has 1 heterocycles. The molecule has 0 unspecified atom stereocenters. The number of benzene rings is 1. The molecule has 1 aromatic carbocycles. The van der Waals surface area contributed by atoms with Crippen LogP contribution in [0.5, 0.6) is 0 Å². The molecule has 0 saturated carbocycles. The fraction of sp³-hybridized carbons (Fsp3) is 0.231. The van der Waals surface area contributed by atoms with E-state index in [4.69, 9.17) is 0 Å². The van der Waals surface area contributed by atoms with Gasteiger partial charge in [-0.05, 0) is 12.5 Å². The van der Waals surface area contributed by atoms with Crippen LogP contribution in [0.4, 0.5) is 0 Å². The molecule has 0 atom stereocenters. The Balaban J connectivity index is 2.11.